The van der Waals surface area contributed by atoms with Gasteiger partial charge in [0.2, 0.25) is 0 Å². The molecule has 0 radical (unpaired) electrons. The lowest BCUT2D eigenvalue weighted by atomic mass is 10.1. The topological polar surface area (TPSA) is 101 Å². The van der Waals surface area contributed by atoms with E-state index in [0.29, 0.717) is 5.56 Å². The van der Waals surface area contributed by atoms with Gasteiger partial charge in [-0.25, -0.2) is 0 Å². The maximum absolute atomic E-state index is 9.05. The molecular weight excluding hydrogens is 272 g/mol. The fraction of sp³-hybridized carbons (Fsp3) is 0.250. The lowest BCUT2D eigenvalue weighted by Gasteiger charge is -2.04. The second-order valence-corrected chi connectivity index (χ2v) is 4.69. The summed E-state index contributed by atoms with van der Waals surface area (Å²) in [6.45, 7) is 3.28. The second-order valence-electron chi connectivity index (χ2n) is 4.69. The van der Waals surface area contributed by atoms with Gasteiger partial charge in [0, 0.05) is 0 Å². The van der Waals surface area contributed by atoms with Crippen molar-refractivity contribution in [2.24, 2.45) is 0 Å². The third kappa shape index (κ3) is 5.33. The van der Waals surface area contributed by atoms with Crippen LogP contribution in [0.25, 0.3) is 0 Å². The Balaban J connectivity index is 0.000000211. The minimum absolute atomic E-state index is 0.172. The molecule has 0 heterocycles. The lowest BCUT2D eigenvalue weighted by Crippen LogP contribution is -1.89. The third-order valence-electron chi connectivity index (χ3n) is 2.86. The van der Waals surface area contributed by atoms with E-state index < -0.39 is 12.2 Å². The highest BCUT2D eigenvalue weighted by molar-refractivity contribution is 5.41. The van der Waals surface area contributed by atoms with Gasteiger partial charge in [-0.05, 0) is 49.2 Å². The molecular formula is C16H20O5. The third-order valence-corrected chi connectivity index (χ3v) is 2.86. The van der Waals surface area contributed by atoms with E-state index in [1.165, 1.54) is 12.1 Å². The highest BCUT2D eigenvalue weighted by atomic mass is 16.3. The van der Waals surface area contributed by atoms with Gasteiger partial charge in [0.15, 0.2) is 11.5 Å². The highest BCUT2D eigenvalue weighted by Gasteiger charge is 2.03. The number of rotatable bonds is 2. The van der Waals surface area contributed by atoms with Gasteiger partial charge in [-0.15, -0.1) is 0 Å². The summed E-state index contributed by atoms with van der Waals surface area (Å²) in [5.41, 5.74) is 1.40. The molecule has 114 valence electrons. The molecule has 2 rings (SSSR count). The van der Waals surface area contributed by atoms with Crippen LogP contribution in [-0.2, 0) is 0 Å². The van der Waals surface area contributed by atoms with Gasteiger partial charge in [0.25, 0.3) is 0 Å². The van der Waals surface area contributed by atoms with Crippen LogP contribution in [0.5, 0.6) is 17.2 Å². The molecule has 0 bridgehead atoms. The molecule has 5 N–H and O–H groups in total. The van der Waals surface area contributed by atoms with Gasteiger partial charge in [-0.3, -0.25) is 0 Å². The van der Waals surface area contributed by atoms with E-state index in [2.05, 4.69) is 0 Å². The lowest BCUT2D eigenvalue weighted by molar-refractivity contribution is 0.198. The fourth-order valence-corrected chi connectivity index (χ4v) is 1.55. The van der Waals surface area contributed by atoms with E-state index in [9.17, 15) is 0 Å². The van der Waals surface area contributed by atoms with Crippen molar-refractivity contribution in [2.45, 2.75) is 26.1 Å². The predicted octanol–water partition coefficient (Wildman–Crippen LogP) is 2.60. The summed E-state index contributed by atoms with van der Waals surface area (Å²) in [6, 6.07) is 10.7. The Bertz CT molecular complexity index is 561. The van der Waals surface area contributed by atoms with E-state index in [1.54, 1.807) is 44.2 Å². The summed E-state index contributed by atoms with van der Waals surface area (Å²) in [4.78, 5) is 0. The van der Waals surface area contributed by atoms with Crippen molar-refractivity contribution in [1.82, 2.24) is 0 Å². The van der Waals surface area contributed by atoms with E-state index in [4.69, 9.17) is 25.5 Å². The molecule has 2 aromatic carbocycles. The molecule has 0 aliphatic carbocycles. The molecule has 0 spiro atoms. The number of phenols is 3. The Morgan fingerprint density at radius 2 is 1.14 bits per heavy atom. The minimum Gasteiger partial charge on any atom is -0.508 e. The summed E-state index contributed by atoms with van der Waals surface area (Å²) < 4.78 is 0. The van der Waals surface area contributed by atoms with Crippen LogP contribution in [-0.4, -0.2) is 25.5 Å². The van der Waals surface area contributed by atoms with Gasteiger partial charge < -0.3 is 25.5 Å². The van der Waals surface area contributed by atoms with Gasteiger partial charge in [0.05, 0.1) is 12.2 Å². The number of benzene rings is 2. The number of hydrogen-bond acceptors (Lipinski definition) is 5. The van der Waals surface area contributed by atoms with Crippen molar-refractivity contribution in [3.05, 3.63) is 53.6 Å². The summed E-state index contributed by atoms with van der Waals surface area (Å²) in [6.07, 6.45) is -1.08. The molecule has 0 saturated heterocycles. The van der Waals surface area contributed by atoms with Crippen molar-refractivity contribution < 1.29 is 25.5 Å². The number of aromatic hydroxyl groups is 3. The number of aliphatic hydroxyl groups is 2. The summed E-state index contributed by atoms with van der Waals surface area (Å²) in [5, 5.41) is 44.8. The summed E-state index contributed by atoms with van der Waals surface area (Å²) in [7, 11) is 0. The van der Waals surface area contributed by atoms with Crippen molar-refractivity contribution >= 4 is 0 Å². The monoisotopic (exact) mass is 292 g/mol. The van der Waals surface area contributed by atoms with Gasteiger partial charge in [0.1, 0.15) is 5.75 Å². The summed E-state index contributed by atoms with van der Waals surface area (Å²) >= 11 is 0. The first kappa shape index (κ1) is 16.8. The van der Waals surface area contributed by atoms with Crippen molar-refractivity contribution in [2.75, 3.05) is 0 Å². The molecule has 0 aliphatic heterocycles. The largest absolute Gasteiger partial charge is 0.508 e. The first-order valence-corrected chi connectivity index (χ1v) is 6.48. The molecule has 0 amide bonds. The fourth-order valence-electron chi connectivity index (χ4n) is 1.55. The Morgan fingerprint density at radius 3 is 1.57 bits per heavy atom. The van der Waals surface area contributed by atoms with Crippen LogP contribution in [0.2, 0.25) is 0 Å². The predicted molar refractivity (Wildman–Crippen MR) is 79.1 cm³/mol. The van der Waals surface area contributed by atoms with Crippen LogP contribution < -0.4 is 0 Å². The Labute approximate surface area is 123 Å². The highest BCUT2D eigenvalue weighted by Crippen LogP contribution is 2.27. The normalized spacial score (nSPS) is 13.0. The average molecular weight is 292 g/mol. The van der Waals surface area contributed by atoms with E-state index in [1.807, 2.05) is 0 Å². The smallest absolute Gasteiger partial charge is 0.157 e. The molecule has 2 aromatic rings. The van der Waals surface area contributed by atoms with Crippen molar-refractivity contribution in [3.63, 3.8) is 0 Å². The minimum atomic E-state index is -0.624. The van der Waals surface area contributed by atoms with Gasteiger partial charge in [-0.2, -0.15) is 0 Å². The second kappa shape index (κ2) is 7.52. The van der Waals surface area contributed by atoms with E-state index in [-0.39, 0.29) is 17.2 Å². The van der Waals surface area contributed by atoms with E-state index in [0.717, 1.165) is 5.56 Å². The van der Waals surface area contributed by atoms with E-state index >= 15 is 0 Å². The summed E-state index contributed by atoms with van der Waals surface area (Å²) in [5.74, 6) is -0.151. The molecule has 0 aliphatic rings. The standard InChI is InChI=1S/C8H10O3.C8H10O2/c1-5(9)6-2-3-7(10)8(11)4-6;1-6(9)7-2-4-8(10)5-3-7/h2-5,9-11H,1H3;2-6,9-10H,1H3. The quantitative estimate of drug-likeness (QED) is 0.548. The van der Waals surface area contributed by atoms with Gasteiger partial charge >= 0.3 is 0 Å². The molecule has 2 atom stereocenters. The van der Waals surface area contributed by atoms with Crippen molar-refractivity contribution in [1.29, 1.82) is 0 Å². The zero-order valence-electron chi connectivity index (χ0n) is 11.9. The number of phenolic OH excluding ortho intramolecular Hbond substituents is 3. The Morgan fingerprint density at radius 1 is 0.667 bits per heavy atom. The van der Waals surface area contributed by atoms with Crippen LogP contribution in [0.15, 0.2) is 42.5 Å². The number of aliphatic hydroxyl groups excluding tert-OH is 2. The van der Waals surface area contributed by atoms with Gasteiger partial charge in [-0.1, -0.05) is 18.2 Å². The van der Waals surface area contributed by atoms with Crippen LogP contribution >= 0.6 is 0 Å². The first-order chi connectivity index (χ1) is 9.81. The molecule has 0 aromatic heterocycles. The molecule has 0 saturated carbocycles. The number of hydrogen-bond donors (Lipinski definition) is 5. The average Bonchev–Trinajstić information content (AvgIpc) is 2.43. The zero-order chi connectivity index (χ0) is 16.0. The van der Waals surface area contributed by atoms with Crippen LogP contribution in [0.3, 0.4) is 0 Å². The Kier molecular flexibility index (Phi) is 6.02. The maximum atomic E-state index is 9.05. The van der Waals surface area contributed by atoms with Crippen LogP contribution in [0.1, 0.15) is 37.2 Å². The SMILES string of the molecule is CC(O)c1ccc(O)c(O)c1.CC(O)c1ccc(O)cc1. The van der Waals surface area contributed by atoms with Crippen LogP contribution in [0, 0.1) is 0 Å². The first-order valence-electron chi connectivity index (χ1n) is 6.48. The molecule has 21 heavy (non-hydrogen) atoms. The zero-order valence-corrected chi connectivity index (χ0v) is 11.9. The molecule has 5 nitrogen and oxygen atoms in total. The van der Waals surface area contributed by atoms with Crippen LogP contribution in [0.4, 0.5) is 0 Å². The van der Waals surface area contributed by atoms with Crippen molar-refractivity contribution in [3.8, 4) is 17.2 Å². The molecule has 2 unspecified atom stereocenters. The molecule has 5 heteroatoms. The molecule has 0 fully saturated rings. The Hall–Kier alpha value is -2.24. The maximum Gasteiger partial charge on any atom is 0.157 e.